The van der Waals surface area contributed by atoms with Crippen LogP contribution in [0, 0.1) is 0 Å². The Hall–Kier alpha value is -3.02. The quantitative estimate of drug-likeness (QED) is 0.566. The van der Waals surface area contributed by atoms with Gasteiger partial charge in [-0.2, -0.15) is 0 Å². The number of nitrogen functional groups attached to an aromatic ring is 1. The minimum Gasteiger partial charge on any atom is -0.398 e. The minimum atomic E-state index is 0.630. The molecule has 6 nitrogen and oxygen atoms in total. The molecule has 0 aliphatic rings. The van der Waals surface area contributed by atoms with Gasteiger partial charge in [-0.15, -0.1) is 10.2 Å². The number of para-hydroxylation sites is 2. The number of hydrogen-bond donors (Lipinski definition) is 1. The van der Waals surface area contributed by atoms with Crippen molar-refractivity contribution < 1.29 is 0 Å². The van der Waals surface area contributed by atoms with E-state index in [1.54, 1.807) is 18.5 Å². The second-order valence-electron chi connectivity index (χ2n) is 4.46. The maximum Gasteiger partial charge on any atom is 0.188 e. The largest absolute Gasteiger partial charge is 0.398 e. The molecule has 0 saturated heterocycles. The summed E-state index contributed by atoms with van der Waals surface area (Å²) in [4.78, 5) is 8.96. The predicted molar refractivity (Wildman–Crippen MR) is 75.9 cm³/mol. The maximum atomic E-state index is 5.81. The van der Waals surface area contributed by atoms with Crippen LogP contribution in [0.15, 0.2) is 48.8 Å². The molecule has 0 fully saturated rings. The number of rotatable bonds is 1. The van der Waals surface area contributed by atoms with Crippen LogP contribution >= 0.6 is 0 Å². The fraction of sp³-hybridized carbons (Fsp3) is 0. The highest BCUT2D eigenvalue weighted by molar-refractivity contribution is 5.76. The van der Waals surface area contributed by atoms with Gasteiger partial charge in [0.05, 0.1) is 17.2 Å². The molecule has 20 heavy (non-hydrogen) atoms. The summed E-state index contributed by atoms with van der Waals surface area (Å²) < 4.78 is 1.81. The lowest BCUT2D eigenvalue weighted by molar-refractivity contribution is 1.09. The van der Waals surface area contributed by atoms with Gasteiger partial charge in [-0.05, 0) is 24.3 Å². The Balaban J connectivity index is 1.98. The van der Waals surface area contributed by atoms with Crippen LogP contribution < -0.4 is 5.73 Å². The van der Waals surface area contributed by atoms with E-state index in [1.807, 2.05) is 34.7 Å². The molecule has 4 aromatic rings. The molecule has 0 amide bonds. The van der Waals surface area contributed by atoms with Crippen molar-refractivity contribution in [1.82, 2.24) is 24.6 Å². The highest BCUT2D eigenvalue weighted by Gasteiger charge is 2.10. The number of fused-ring (bicyclic) bond motifs is 2. The van der Waals surface area contributed by atoms with Gasteiger partial charge in [0.15, 0.2) is 11.5 Å². The van der Waals surface area contributed by atoms with Crippen molar-refractivity contribution in [3.63, 3.8) is 0 Å². The van der Waals surface area contributed by atoms with Gasteiger partial charge in [-0.1, -0.05) is 12.1 Å². The zero-order chi connectivity index (χ0) is 13.5. The Kier molecular flexibility index (Phi) is 2.17. The molecule has 96 valence electrons. The Bertz CT molecular complexity index is 927. The molecule has 6 heteroatoms. The molecular weight excluding hydrogens is 252 g/mol. The van der Waals surface area contributed by atoms with E-state index in [4.69, 9.17) is 5.73 Å². The number of anilines is 1. The number of hydrogen-bond acceptors (Lipinski definition) is 5. The summed E-state index contributed by atoms with van der Waals surface area (Å²) in [6.07, 6.45) is 3.48. The minimum absolute atomic E-state index is 0.630. The maximum absolute atomic E-state index is 5.81. The summed E-state index contributed by atoms with van der Waals surface area (Å²) in [7, 11) is 0. The van der Waals surface area contributed by atoms with E-state index < -0.39 is 0 Å². The first-order valence-corrected chi connectivity index (χ1v) is 6.14. The lowest BCUT2D eigenvalue weighted by Gasteiger charge is -2.02. The molecular formula is C14H10N6. The molecule has 0 radical (unpaired) electrons. The second-order valence-corrected chi connectivity index (χ2v) is 4.46. The molecule has 3 heterocycles. The van der Waals surface area contributed by atoms with Crippen molar-refractivity contribution in [1.29, 1.82) is 0 Å². The van der Waals surface area contributed by atoms with Crippen LogP contribution in [0.4, 0.5) is 5.69 Å². The van der Waals surface area contributed by atoms with Crippen molar-refractivity contribution in [3.05, 3.63) is 48.8 Å². The first-order chi connectivity index (χ1) is 9.81. The van der Waals surface area contributed by atoms with Crippen molar-refractivity contribution in [2.45, 2.75) is 0 Å². The lowest BCUT2D eigenvalue weighted by Crippen LogP contribution is -1.95. The van der Waals surface area contributed by atoms with Gasteiger partial charge in [0.1, 0.15) is 5.69 Å². The molecule has 0 aliphatic carbocycles. The third kappa shape index (κ3) is 1.58. The van der Waals surface area contributed by atoms with E-state index >= 15 is 0 Å². The summed E-state index contributed by atoms with van der Waals surface area (Å²) in [6.45, 7) is 0. The summed E-state index contributed by atoms with van der Waals surface area (Å²) >= 11 is 0. The van der Waals surface area contributed by atoms with E-state index in [9.17, 15) is 0 Å². The molecule has 1 aromatic carbocycles. The lowest BCUT2D eigenvalue weighted by atomic mass is 10.3. The summed E-state index contributed by atoms with van der Waals surface area (Å²) in [6, 6.07) is 11.3. The molecule has 0 unspecified atom stereocenters. The van der Waals surface area contributed by atoms with E-state index in [-0.39, 0.29) is 0 Å². The number of nitrogens with zero attached hydrogens (tertiary/aromatic N) is 5. The highest BCUT2D eigenvalue weighted by atomic mass is 15.3. The smallest absolute Gasteiger partial charge is 0.188 e. The molecule has 0 bridgehead atoms. The number of benzene rings is 1. The first-order valence-electron chi connectivity index (χ1n) is 6.14. The number of pyridine rings is 1. The highest BCUT2D eigenvalue weighted by Crippen LogP contribution is 2.19. The van der Waals surface area contributed by atoms with E-state index in [1.165, 1.54) is 0 Å². The van der Waals surface area contributed by atoms with Gasteiger partial charge in [-0.25, -0.2) is 4.98 Å². The molecule has 4 rings (SSSR count). The standard InChI is InChI=1S/C14H10N6/c15-9-5-6-13-18-19-14(20(13)8-9)12-7-16-10-3-1-2-4-11(10)17-12/h1-8H,15H2. The van der Waals surface area contributed by atoms with Gasteiger partial charge in [0, 0.05) is 11.9 Å². The van der Waals surface area contributed by atoms with E-state index in [0.717, 1.165) is 16.7 Å². The van der Waals surface area contributed by atoms with E-state index in [0.29, 0.717) is 17.2 Å². The van der Waals surface area contributed by atoms with Crippen molar-refractivity contribution in [3.8, 4) is 11.5 Å². The average Bonchev–Trinajstić information content (AvgIpc) is 2.89. The van der Waals surface area contributed by atoms with Crippen LogP contribution in [0.3, 0.4) is 0 Å². The average molecular weight is 262 g/mol. The van der Waals surface area contributed by atoms with E-state index in [2.05, 4.69) is 20.2 Å². The van der Waals surface area contributed by atoms with Crippen LogP contribution in [0.5, 0.6) is 0 Å². The summed E-state index contributed by atoms with van der Waals surface area (Å²) in [5.41, 5.74) is 9.52. The summed E-state index contributed by atoms with van der Waals surface area (Å²) in [5.74, 6) is 0.630. The zero-order valence-electron chi connectivity index (χ0n) is 10.4. The van der Waals surface area contributed by atoms with Crippen LogP contribution in [0.25, 0.3) is 28.2 Å². The predicted octanol–water partition coefficient (Wildman–Crippen LogP) is 1.92. The topological polar surface area (TPSA) is 82.0 Å². The zero-order valence-corrected chi connectivity index (χ0v) is 10.4. The van der Waals surface area contributed by atoms with Crippen LogP contribution in [-0.2, 0) is 0 Å². The first kappa shape index (κ1) is 10.9. The summed E-state index contributed by atoms with van der Waals surface area (Å²) in [5, 5.41) is 8.27. The SMILES string of the molecule is Nc1ccc2nnc(-c3cnc4ccccc4n3)n2c1. The third-order valence-electron chi connectivity index (χ3n) is 3.10. The fourth-order valence-corrected chi connectivity index (χ4v) is 2.15. The van der Waals surface area contributed by atoms with Crippen molar-refractivity contribution in [2.24, 2.45) is 0 Å². The fourth-order valence-electron chi connectivity index (χ4n) is 2.15. The van der Waals surface area contributed by atoms with Crippen LogP contribution in [-0.4, -0.2) is 24.6 Å². The van der Waals surface area contributed by atoms with Gasteiger partial charge < -0.3 is 5.73 Å². The third-order valence-corrected chi connectivity index (χ3v) is 3.10. The van der Waals surface area contributed by atoms with Crippen molar-refractivity contribution in [2.75, 3.05) is 5.73 Å². The van der Waals surface area contributed by atoms with Gasteiger partial charge in [-0.3, -0.25) is 9.38 Å². The second kappa shape index (κ2) is 3.99. The van der Waals surface area contributed by atoms with Gasteiger partial charge in [0.2, 0.25) is 0 Å². The monoisotopic (exact) mass is 262 g/mol. The molecule has 0 atom stereocenters. The molecule has 0 aliphatic heterocycles. The Morgan fingerprint density at radius 3 is 2.70 bits per heavy atom. The number of nitrogens with two attached hydrogens (primary N) is 1. The Morgan fingerprint density at radius 2 is 1.80 bits per heavy atom. The molecule has 3 aromatic heterocycles. The Morgan fingerprint density at radius 1 is 0.950 bits per heavy atom. The Labute approximate surface area is 113 Å². The molecule has 0 spiro atoms. The molecule has 0 saturated carbocycles. The number of aromatic nitrogens is 5. The van der Waals surface area contributed by atoms with Gasteiger partial charge in [0.25, 0.3) is 0 Å². The van der Waals surface area contributed by atoms with Crippen molar-refractivity contribution >= 4 is 22.4 Å². The van der Waals surface area contributed by atoms with Gasteiger partial charge >= 0.3 is 0 Å². The van der Waals surface area contributed by atoms with Crippen LogP contribution in [0.2, 0.25) is 0 Å². The molecule has 2 N–H and O–H groups in total. The van der Waals surface area contributed by atoms with Crippen LogP contribution in [0.1, 0.15) is 0 Å². The normalized spacial score (nSPS) is 11.2.